The number of thiophene rings is 1. The van der Waals surface area contributed by atoms with Crippen LogP contribution in [0.3, 0.4) is 0 Å². The van der Waals surface area contributed by atoms with Crippen LogP contribution in [0, 0.1) is 0 Å². The van der Waals surface area contributed by atoms with Gasteiger partial charge in [0, 0.05) is 52.7 Å². The van der Waals surface area contributed by atoms with Crippen molar-refractivity contribution in [3.05, 3.63) is 127 Å². The minimum absolute atomic E-state index is 0.586. The Morgan fingerprint density at radius 3 is 2.07 bits per heavy atom. The molecule has 0 spiro atoms. The third-order valence-corrected chi connectivity index (χ3v) is 9.83. The molecule has 0 saturated carbocycles. The number of hydrogen-bond donors (Lipinski definition) is 0. The maximum absolute atomic E-state index is 6.42. The lowest BCUT2D eigenvalue weighted by Crippen LogP contribution is -2.03. The van der Waals surface area contributed by atoms with E-state index in [0.29, 0.717) is 11.7 Å². The highest BCUT2D eigenvalue weighted by Gasteiger charge is 2.24. The quantitative estimate of drug-likeness (QED) is 0.209. The second-order valence-electron chi connectivity index (χ2n) is 10.9. The van der Waals surface area contributed by atoms with Crippen molar-refractivity contribution in [2.75, 3.05) is 0 Å². The van der Waals surface area contributed by atoms with Crippen molar-refractivity contribution < 1.29 is 4.42 Å². The summed E-state index contributed by atoms with van der Waals surface area (Å²) in [5.74, 6) is 0.598. The molecule has 4 aromatic heterocycles. The van der Waals surface area contributed by atoms with E-state index in [1.165, 1.54) is 41.7 Å². The van der Waals surface area contributed by atoms with Crippen LogP contribution in [0.5, 0.6) is 0 Å². The standard InChI is InChI=1S/C38H21N3OS/c1-2-12-22(13-3-1)34-33-26-17-7-10-20-29(26)42-37(33)40-38(39-34)41-28-19-9-6-16-25(28)31-32-27-18-8-11-21-30(27)43-36(32)24-15-5-4-14-23(24)35(31)41/h1-21H. The fourth-order valence-electron chi connectivity index (χ4n) is 6.84. The smallest absolute Gasteiger partial charge is 0.238 e. The van der Waals surface area contributed by atoms with Crippen molar-refractivity contribution in [2.45, 2.75) is 0 Å². The number of benzene rings is 6. The molecule has 0 radical (unpaired) electrons. The monoisotopic (exact) mass is 567 g/mol. The molecule has 4 heterocycles. The van der Waals surface area contributed by atoms with E-state index >= 15 is 0 Å². The van der Waals surface area contributed by atoms with Crippen molar-refractivity contribution in [2.24, 2.45) is 0 Å². The van der Waals surface area contributed by atoms with Crippen LogP contribution >= 0.6 is 11.3 Å². The number of para-hydroxylation sites is 2. The van der Waals surface area contributed by atoms with Crippen molar-refractivity contribution in [3.63, 3.8) is 0 Å². The Bertz CT molecular complexity index is 2730. The number of furan rings is 1. The first-order valence-corrected chi connectivity index (χ1v) is 15.2. The second-order valence-corrected chi connectivity index (χ2v) is 12.0. The highest BCUT2D eigenvalue weighted by molar-refractivity contribution is 7.27. The average molecular weight is 568 g/mol. The third kappa shape index (κ3) is 3.09. The van der Waals surface area contributed by atoms with E-state index in [1.54, 1.807) is 0 Å². The van der Waals surface area contributed by atoms with Crippen molar-refractivity contribution in [1.29, 1.82) is 0 Å². The molecule has 0 aliphatic carbocycles. The summed E-state index contributed by atoms with van der Waals surface area (Å²) < 4.78 is 11.3. The predicted molar refractivity (Wildman–Crippen MR) is 179 cm³/mol. The maximum atomic E-state index is 6.42. The topological polar surface area (TPSA) is 43.9 Å². The van der Waals surface area contributed by atoms with Gasteiger partial charge in [-0.15, -0.1) is 11.3 Å². The zero-order chi connectivity index (χ0) is 28.1. The molecule has 0 fully saturated rings. The molecular weight excluding hydrogens is 547 g/mol. The molecule has 10 aromatic rings. The molecule has 0 saturated heterocycles. The normalized spacial score (nSPS) is 12.2. The molecule has 0 aliphatic rings. The molecule has 5 heteroatoms. The van der Waals surface area contributed by atoms with Gasteiger partial charge in [0.15, 0.2) is 0 Å². The molecule has 0 amide bonds. The van der Waals surface area contributed by atoms with Gasteiger partial charge >= 0.3 is 0 Å². The molecule has 0 N–H and O–H groups in total. The van der Waals surface area contributed by atoms with E-state index in [9.17, 15) is 0 Å². The van der Waals surface area contributed by atoms with E-state index < -0.39 is 0 Å². The molecule has 10 rings (SSSR count). The molecule has 0 atom stereocenters. The molecule has 0 aliphatic heterocycles. The molecule has 200 valence electrons. The minimum atomic E-state index is 0.586. The largest absolute Gasteiger partial charge is 0.437 e. The number of nitrogens with zero attached hydrogens (tertiary/aromatic N) is 3. The van der Waals surface area contributed by atoms with Gasteiger partial charge < -0.3 is 4.42 Å². The SMILES string of the molecule is c1ccc(-c2nc(-n3c4ccccc4c4c5c6ccccc6sc5c5ccccc5c43)nc3oc4ccccc4c23)cc1. The predicted octanol–water partition coefficient (Wildman–Crippen LogP) is 10.7. The van der Waals surface area contributed by atoms with Gasteiger partial charge in [0.25, 0.3) is 0 Å². The van der Waals surface area contributed by atoms with E-state index in [1.807, 2.05) is 35.6 Å². The van der Waals surface area contributed by atoms with Gasteiger partial charge in [-0.3, -0.25) is 4.57 Å². The first-order chi connectivity index (χ1) is 21.3. The van der Waals surface area contributed by atoms with E-state index in [0.717, 1.165) is 38.6 Å². The Kier molecular flexibility index (Phi) is 4.57. The molecular formula is C38H21N3OS. The van der Waals surface area contributed by atoms with Crippen LogP contribution in [0.2, 0.25) is 0 Å². The van der Waals surface area contributed by atoms with Crippen molar-refractivity contribution >= 4 is 86.2 Å². The Hall–Kier alpha value is -5.52. The summed E-state index contributed by atoms with van der Waals surface area (Å²) >= 11 is 1.87. The second kappa shape index (κ2) is 8.51. The number of fused-ring (bicyclic) bond motifs is 13. The molecule has 0 bridgehead atoms. The van der Waals surface area contributed by atoms with Crippen LogP contribution in [0.1, 0.15) is 0 Å². The van der Waals surface area contributed by atoms with Crippen LogP contribution in [0.4, 0.5) is 0 Å². The van der Waals surface area contributed by atoms with Crippen molar-refractivity contribution in [1.82, 2.24) is 14.5 Å². The van der Waals surface area contributed by atoms with E-state index in [4.69, 9.17) is 14.4 Å². The summed E-state index contributed by atoms with van der Waals surface area (Å²) in [7, 11) is 0. The highest BCUT2D eigenvalue weighted by Crippen LogP contribution is 2.48. The van der Waals surface area contributed by atoms with Gasteiger partial charge in [-0.2, -0.15) is 4.98 Å². The highest BCUT2D eigenvalue weighted by atomic mass is 32.1. The lowest BCUT2D eigenvalue weighted by molar-refractivity contribution is 0.651. The summed E-state index contributed by atoms with van der Waals surface area (Å²) in [6.07, 6.45) is 0. The van der Waals surface area contributed by atoms with Gasteiger partial charge in [0.05, 0.1) is 22.1 Å². The first-order valence-electron chi connectivity index (χ1n) is 14.4. The summed E-state index contributed by atoms with van der Waals surface area (Å²) in [4.78, 5) is 10.5. The summed E-state index contributed by atoms with van der Waals surface area (Å²) in [6.45, 7) is 0. The minimum Gasteiger partial charge on any atom is -0.437 e. The molecule has 6 aromatic carbocycles. The van der Waals surface area contributed by atoms with Crippen LogP contribution in [-0.2, 0) is 0 Å². The maximum Gasteiger partial charge on any atom is 0.238 e. The number of rotatable bonds is 2. The summed E-state index contributed by atoms with van der Waals surface area (Å²) in [5, 5.41) is 9.36. The van der Waals surface area contributed by atoms with Gasteiger partial charge in [0.1, 0.15) is 5.58 Å². The van der Waals surface area contributed by atoms with Crippen LogP contribution < -0.4 is 0 Å². The Balaban J connectivity index is 1.45. The Morgan fingerprint density at radius 1 is 0.535 bits per heavy atom. The Morgan fingerprint density at radius 2 is 1.21 bits per heavy atom. The van der Waals surface area contributed by atoms with Crippen molar-refractivity contribution in [3.8, 4) is 17.2 Å². The lowest BCUT2D eigenvalue weighted by Gasteiger charge is -2.11. The van der Waals surface area contributed by atoms with Crippen LogP contribution in [0.25, 0.3) is 92.0 Å². The fraction of sp³-hybridized carbons (Fsp3) is 0. The fourth-order valence-corrected chi connectivity index (χ4v) is 8.09. The lowest BCUT2D eigenvalue weighted by atomic mass is 10.00. The number of aromatic nitrogens is 3. The van der Waals surface area contributed by atoms with Crippen LogP contribution in [0.15, 0.2) is 132 Å². The van der Waals surface area contributed by atoms with Crippen LogP contribution in [-0.4, -0.2) is 14.5 Å². The number of hydrogen-bond acceptors (Lipinski definition) is 4. The summed E-state index contributed by atoms with van der Waals surface area (Å²) in [6, 6.07) is 44.6. The van der Waals surface area contributed by atoms with Gasteiger partial charge in [0.2, 0.25) is 11.7 Å². The third-order valence-electron chi connectivity index (χ3n) is 8.62. The van der Waals surface area contributed by atoms with E-state index in [-0.39, 0.29) is 0 Å². The first kappa shape index (κ1) is 23.1. The zero-order valence-electron chi connectivity index (χ0n) is 22.8. The van der Waals surface area contributed by atoms with E-state index in [2.05, 4.69) is 108 Å². The molecule has 4 nitrogen and oxygen atoms in total. The molecule has 0 unspecified atom stereocenters. The summed E-state index contributed by atoms with van der Waals surface area (Å²) in [5.41, 5.74) is 5.47. The van der Waals surface area contributed by atoms with Gasteiger partial charge in [-0.1, -0.05) is 109 Å². The molecule has 43 heavy (non-hydrogen) atoms. The van der Waals surface area contributed by atoms with Gasteiger partial charge in [-0.05, 0) is 18.2 Å². The van der Waals surface area contributed by atoms with Gasteiger partial charge in [-0.25, -0.2) is 4.98 Å². The Labute approximate surface area is 249 Å². The average Bonchev–Trinajstić information content (AvgIpc) is 3.74. The zero-order valence-corrected chi connectivity index (χ0v) is 23.6.